The van der Waals surface area contributed by atoms with Gasteiger partial charge in [-0.2, -0.15) is 10.5 Å². The molecule has 0 spiro atoms. The molecule has 320 valence electrons. The minimum Gasteiger partial charge on any atom is -0.481 e. The highest BCUT2D eigenvalue weighted by atomic mass is 16.4. The molecule has 6 aromatic rings. The molecule has 0 radical (unpaired) electrons. The first-order valence-corrected chi connectivity index (χ1v) is 22.1. The summed E-state index contributed by atoms with van der Waals surface area (Å²) in [5.74, 6) is -1.79. The summed E-state index contributed by atoms with van der Waals surface area (Å²) in [7, 11) is 0. The Morgan fingerprint density at radius 1 is 0.785 bits per heavy atom. The van der Waals surface area contributed by atoms with E-state index in [0.29, 0.717) is 24.0 Å². The number of carboxylic acid groups (broad SMARTS) is 2. The van der Waals surface area contributed by atoms with Crippen molar-refractivity contribution >= 4 is 51.0 Å². The van der Waals surface area contributed by atoms with Crippen molar-refractivity contribution in [2.75, 3.05) is 18.0 Å². The van der Waals surface area contributed by atoms with Crippen LogP contribution in [0.15, 0.2) is 169 Å². The molecule has 0 saturated heterocycles. The van der Waals surface area contributed by atoms with E-state index in [9.17, 15) is 30.3 Å². The van der Waals surface area contributed by atoms with Crippen molar-refractivity contribution < 1.29 is 24.4 Å². The standard InChI is InChI=1S/C57H48N4O4/c1-56(35-44-14-9-13-41-10-3-6-15-45(41)44)48-26-24-43-12-5-8-17-47(43)55(48)61(33-31-53(64)65)50(56)28-22-40(37-59)23-29-51-57(2,34-38-18-20-39(36-58)21-19-38)54-46-16-7-4-11-42(46)25-27-49(54)60(51)32-30-52(62)63/h3-29,48,55H,30-35H2,1-2H3,(H-,62,63,64,65)/p+1. The Morgan fingerprint density at radius 2 is 1.48 bits per heavy atom. The quantitative estimate of drug-likeness (QED) is 0.0672. The molecule has 65 heavy (non-hydrogen) atoms. The maximum absolute atomic E-state index is 12.3. The number of carbonyl (C=O) groups is 2. The largest absolute Gasteiger partial charge is 0.481 e. The average molecular weight is 854 g/mol. The number of carboxylic acids is 2. The molecule has 0 amide bonds. The summed E-state index contributed by atoms with van der Waals surface area (Å²) >= 11 is 0. The van der Waals surface area contributed by atoms with Crippen LogP contribution < -0.4 is 4.90 Å². The minimum atomic E-state index is -0.908. The van der Waals surface area contributed by atoms with Crippen molar-refractivity contribution in [3.63, 3.8) is 0 Å². The Labute approximate surface area is 379 Å². The van der Waals surface area contributed by atoms with Crippen LogP contribution in [0.5, 0.6) is 0 Å². The Bertz CT molecular complexity index is 3140. The summed E-state index contributed by atoms with van der Waals surface area (Å²) < 4.78 is 2.26. The molecule has 0 saturated carbocycles. The first kappa shape index (κ1) is 42.5. The van der Waals surface area contributed by atoms with Crippen molar-refractivity contribution in [3.05, 3.63) is 202 Å². The number of allylic oxidation sites excluding steroid dienone is 6. The van der Waals surface area contributed by atoms with Gasteiger partial charge < -0.3 is 15.1 Å². The zero-order valence-corrected chi connectivity index (χ0v) is 36.5. The summed E-state index contributed by atoms with van der Waals surface area (Å²) in [5.41, 5.74) is 8.08. The highest BCUT2D eigenvalue weighted by Crippen LogP contribution is 2.54. The molecule has 0 bridgehead atoms. The van der Waals surface area contributed by atoms with E-state index in [4.69, 9.17) is 0 Å². The molecule has 0 aromatic heterocycles. The molecule has 1 aliphatic carbocycles. The van der Waals surface area contributed by atoms with Gasteiger partial charge in [-0.3, -0.25) is 9.59 Å². The number of hydrogen-bond donors (Lipinski definition) is 2. The number of aliphatic carboxylic acids is 2. The van der Waals surface area contributed by atoms with Gasteiger partial charge >= 0.3 is 11.9 Å². The number of rotatable bonds is 13. The van der Waals surface area contributed by atoms with Gasteiger partial charge in [0.15, 0.2) is 18.3 Å². The summed E-state index contributed by atoms with van der Waals surface area (Å²) in [6.45, 7) is 4.97. The van der Waals surface area contributed by atoms with E-state index in [-0.39, 0.29) is 37.9 Å². The van der Waals surface area contributed by atoms with E-state index >= 15 is 0 Å². The number of hydrogen-bond acceptors (Lipinski definition) is 5. The van der Waals surface area contributed by atoms with Crippen LogP contribution in [-0.4, -0.2) is 45.5 Å². The molecule has 0 fully saturated rings. The Balaban J connectivity index is 1.20. The topological polar surface area (TPSA) is 128 Å². The first-order valence-electron chi connectivity index (χ1n) is 22.1. The molecule has 2 aliphatic heterocycles. The van der Waals surface area contributed by atoms with Crippen molar-refractivity contribution in [2.45, 2.75) is 51.0 Å². The summed E-state index contributed by atoms with van der Waals surface area (Å²) in [6.07, 6.45) is 13.3. The van der Waals surface area contributed by atoms with E-state index in [0.717, 1.165) is 55.5 Å². The molecule has 3 aliphatic rings. The van der Waals surface area contributed by atoms with Gasteiger partial charge in [0, 0.05) is 35.0 Å². The van der Waals surface area contributed by atoms with Crippen LogP contribution in [0.1, 0.15) is 66.1 Å². The molecular weight excluding hydrogens is 805 g/mol. The maximum atomic E-state index is 12.3. The van der Waals surface area contributed by atoms with Crippen LogP contribution in [0, 0.1) is 34.0 Å². The second-order valence-electron chi connectivity index (χ2n) is 17.8. The number of nitriles is 2. The summed E-state index contributed by atoms with van der Waals surface area (Å²) in [6, 6.07) is 47.6. The van der Waals surface area contributed by atoms with Crippen LogP contribution in [0.25, 0.3) is 27.6 Å². The highest BCUT2D eigenvalue weighted by Gasteiger charge is 2.57. The van der Waals surface area contributed by atoms with Crippen LogP contribution in [0.3, 0.4) is 0 Å². The van der Waals surface area contributed by atoms with E-state index in [1.807, 2.05) is 78.9 Å². The lowest BCUT2D eigenvalue weighted by molar-refractivity contribution is -0.567. The summed E-state index contributed by atoms with van der Waals surface area (Å²) in [4.78, 5) is 26.5. The molecule has 8 heteroatoms. The van der Waals surface area contributed by atoms with Crippen molar-refractivity contribution in [1.29, 1.82) is 10.5 Å². The fourth-order valence-electron chi connectivity index (χ4n) is 10.9. The number of fused-ring (bicyclic) bond motifs is 7. The Hall–Kier alpha value is -7.81. The molecule has 4 unspecified atom stereocenters. The zero-order chi connectivity index (χ0) is 45.3. The third-order valence-electron chi connectivity index (χ3n) is 13.9. The molecular formula is C57H49N4O4+. The predicted molar refractivity (Wildman–Crippen MR) is 257 cm³/mol. The second kappa shape index (κ2) is 17.4. The molecule has 4 atom stereocenters. The number of nitrogens with zero attached hydrogens (tertiary/aromatic N) is 4. The molecule has 2 N–H and O–H groups in total. The Morgan fingerprint density at radius 3 is 2.22 bits per heavy atom. The first-order chi connectivity index (χ1) is 31.5. The monoisotopic (exact) mass is 853 g/mol. The van der Waals surface area contributed by atoms with Gasteiger partial charge in [0.2, 0.25) is 0 Å². The zero-order valence-electron chi connectivity index (χ0n) is 36.5. The lowest BCUT2D eigenvalue weighted by Crippen LogP contribution is -2.34. The van der Waals surface area contributed by atoms with Crippen molar-refractivity contribution in [1.82, 2.24) is 0 Å². The summed E-state index contributed by atoms with van der Waals surface area (Å²) in [5, 5.41) is 44.9. The Kier molecular flexibility index (Phi) is 11.4. The van der Waals surface area contributed by atoms with Crippen LogP contribution >= 0.6 is 0 Å². The second-order valence-corrected chi connectivity index (χ2v) is 17.8. The van der Waals surface area contributed by atoms with Gasteiger partial charge in [-0.05, 0) is 107 Å². The van der Waals surface area contributed by atoms with Gasteiger partial charge in [-0.15, -0.1) is 0 Å². The van der Waals surface area contributed by atoms with Gasteiger partial charge in [-0.1, -0.05) is 121 Å². The van der Waals surface area contributed by atoms with Crippen LogP contribution in [-0.2, 0) is 27.8 Å². The lowest BCUT2D eigenvalue weighted by atomic mass is 9.66. The van der Waals surface area contributed by atoms with Crippen molar-refractivity contribution in [2.24, 2.45) is 11.3 Å². The fraction of sp³-hybridized carbons (Fsp3) is 0.211. The third-order valence-corrected chi connectivity index (χ3v) is 13.9. The lowest BCUT2D eigenvalue weighted by Gasteiger charge is -2.31. The molecule has 2 heterocycles. The van der Waals surface area contributed by atoms with Crippen LogP contribution in [0.4, 0.5) is 5.69 Å². The normalized spacial score (nSPS) is 21.7. The number of benzene rings is 6. The van der Waals surface area contributed by atoms with E-state index < -0.39 is 22.8 Å². The number of anilines is 1. The third kappa shape index (κ3) is 7.83. The van der Waals surface area contributed by atoms with Crippen molar-refractivity contribution in [3.8, 4) is 12.1 Å². The van der Waals surface area contributed by atoms with E-state index in [1.54, 1.807) is 0 Å². The van der Waals surface area contributed by atoms with Gasteiger partial charge in [0.25, 0.3) is 0 Å². The van der Waals surface area contributed by atoms with Gasteiger partial charge in [0.1, 0.15) is 6.42 Å². The highest BCUT2D eigenvalue weighted by molar-refractivity contribution is 5.99. The predicted octanol–water partition coefficient (Wildman–Crippen LogP) is 11.1. The molecule has 6 aromatic carbocycles. The fourth-order valence-corrected chi connectivity index (χ4v) is 10.9. The maximum Gasteiger partial charge on any atom is 0.309 e. The molecule has 9 rings (SSSR count). The molecule has 8 nitrogen and oxygen atoms in total. The minimum absolute atomic E-state index is 0.000936. The van der Waals surface area contributed by atoms with Gasteiger partial charge in [-0.25, -0.2) is 4.58 Å². The van der Waals surface area contributed by atoms with E-state index in [2.05, 4.69) is 120 Å². The smallest absolute Gasteiger partial charge is 0.309 e. The SMILES string of the molecule is CC1(Cc2ccc(C#N)cc2)\C(=C/C=C(C#N)/C=C/C2=[N+](CCC(=O)O)C3c4ccccc4C=CC3C2(C)Cc2cccc3ccccc23)N(CCC(=O)O)c2ccc3ccccc3c21. The van der Waals surface area contributed by atoms with Crippen LogP contribution in [0.2, 0.25) is 0 Å². The van der Waals surface area contributed by atoms with Gasteiger partial charge in [0.05, 0.1) is 41.0 Å². The van der Waals surface area contributed by atoms with E-state index in [1.165, 1.54) is 10.9 Å². The average Bonchev–Trinajstić information content (AvgIpc) is 3.70.